The Hall–Kier alpha value is -2.82. The van der Waals surface area contributed by atoms with Crippen molar-refractivity contribution in [2.45, 2.75) is 328 Å². The van der Waals surface area contributed by atoms with Gasteiger partial charge in [-0.05, 0) is 64.2 Å². The van der Waals surface area contributed by atoms with E-state index in [1.807, 2.05) is 0 Å². The molecule has 0 saturated carbocycles. The van der Waals surface area contributed by atoms with Gasteiger partial charge in [0.1, 0.15) is 12.7 Å². The second-order valence-electron chi connectivity index (χ2n) is 22.3. The molecular formula is C68H123O11P. The zero-order valence-corrected chi connectivity index (χ0v) is 52.7. The van der Waals surface area contributed by atoms with E-state index in [0.29, 0.717) is 19.3 Å². The maximum Gasteiger partial charge on any atom is 0.472 e. The Kier molecular flexibility index (Phi) is 60.0. The van der Waals surface area contributed by atoms with Crippen LogP contribution >= 0.6 is 7.82 Å². The van der Waals surface area contributed by atoms with Gasteiger partial charge < -0.3 is 24.2 Å². The van der Waals surface area contributed by atoms with Gasteiger partial charge in [-0.25, -0.2) is 4.57 Å². The molecule has 0 aromatic carbocycles. The molecule has 466 valence electrons. The standard InChI is InChI=1S/C68H123O11P/c1-4-7-10-13-16-19-22-25-28-30-32-34-37-40-43-46-49-52-55-58-67(71)78-64(60-69)62-76-80(73,74)77-63-65(61-75-66(70)57-54-51-48-45-42-39-36-27-24-21-18-15-12-9-6-3)79-68(72)59-56-53-50-47-44-41-38-35-33-31-29-26-23-20-17-14-11-8-5-2/h8,11,17,20,26,29,33,35,41,44,64-65,69H,4-7,9-10,12-16,18-19,21-25,27-28,30-32,34,36-40,42-43,45-63H2,1-3H3,(H,73,74)/b11-8-,20-17-,29-26-,35-33-,44-41-. The van der Waals surface area contributed by atoms with Gasteiger partial charge in [-0.3, -0.25) is 23.4 Å². The maximum atomic E-state index is 13.0. The molecule has 0 aromatic rings. The third-order valence-electron chi connectivity index (χ3n) is 14.5. The molecule has 0 fully saturated rings. The summed E-state index contributed by atoms with van der Waals surface area (Å²) < 4.78 is 39.7. The van der Waals surface area contributed by atoms with E-state index in [9.17, 15) is 28.9 Å². The molecule has 3 unspecified atom stereocenters. The van der Waals surface area contributed by atoms with E-state index in [4.69, 9.17) is 23.3 Å². The number of carbonyl (C=O) groups excluding carboxylic acids is 3. The predicted molar refractivity (Wildman–Crippen MR) is 335 cm³/mol. The summed E-state index contributed by atoms with van der Waals surface area (Å²) in [5.41, 5.74) is 0. The molecule has 0 aliphatic carbocycles. The Morgan fingerprint density at radius 2 is 0.650 bits per heavy atom. The van der Waals surface area contributed by atoms with Crippen molar-refractivity contribution in [1.29, 1.82) is 0 Å². The lowest BCUT2D eigenvalue weighted by atomic mass is 10.0. The van der Waals surface area contributed by atoms with E-state index in [-0.39, 0.29) is 25.9 Å². The number of ether oxygens (including phenoxy) is 3. The first-order valence-corrected chi connectivity index (χ1v) is 34.7. The number of rotatable bonds is 62. The molecule has 0 saturated heterocycles. The Morgan fingerprint density at radius 1 is 0.362 bits per heavy atom. The lowest BCUT2D eigenvalue weighted by Gasteiger charge is -2.21. The molecule has 0 aliphatic heterocycles. The lowest BCUT2D eigenvalue weighted by Crippen LogP contribution is -2.30. The van der Waals surface area contributed by atoms with Crippen LogP contribution in [-0.4, -0.2) is 66.5 Å². The summed E-state index contributed by atoms with van der Waals surface area (Å²) in [6.07, 6.45) is 70.3. The van der Waals surface area contributed by atoms with Gasteiger partial charge in [0.2, 0.25) is 0 Å². The first-order valence-electron chi connectivity index (χ1n) is 33.2. The highest BCUT2D eigenvalue weighted by Crippen LogP contribution is 2.43. The van der Waals surface area contributed by atoms with Gasteiger partial charge >= 0.3 is 25.7 Å². The quantitative estimate of drug-likeness (QED) is 0.0197. The first kappa shape index (κ1) is 77.2. The maximum absolute atomic E-state index is 13.0. The van der Waals surface area contributed by atoms with Crippen molar-refractivity contribution in [2.75, 3.05) is 26.4 Å². The zero-order chi connectivity index (χ0) is 58.3. The zero-order valence-electron chi connectivity index (χ0n) is 51.8. The second kappa shape index (κ2) is 62.2. The van der Waals surface area contributed by atoms with Gasteiger partial charge in [-0.2, -0.15) is 0 Å². The van der Waals surface area contributed by atoms with Crippen LogP contribution in [0.1, 0.15) is 316 Å². The minimum Gasteiger partial charge on any atom is -0.462 e. The highest BCUT2D eigenvalue weighted by molar-refractivity contribution is 7.47. The fourth-order valence-corrected chi connectivity index (χ4v) is 10.2. The number of unbranched alkanes of at least 4 members (excludes halogenated alkanes) is 35. The molecule has 0 aromatic heterocycles. The normalized spacial score (nSPS) is 13.6. The summed E-state index contributed by atoms with van der Waals surface area (Å²) in [5.74, 6) is -1.48. The summed E-state index contributed by atoms with van der Waals surface area (Å²) in [5, 5.41) is 9.87. The van der Waals surface area contributed by atoms with Crippen LogP contribution in [0.15, 0.2) is 60.8 Å². The van der Waals surface area contributed by atoms with Crippen molar-refractivity contribution in [3.8, 4) is 0 Å². The smallest absolute Gasteiger partial charge is 0.462 e. The SMILES string of the molecule is CC/C=C\C/C=C\C/C=C\C/C=C\C/C=C\CCCCCC(=O)OC(COC(=O)CCCCCCCCCCCCCCCCC)COP(=O)(O)OCC(CO)OC(=O)CCCCCCCCCCCCCCCCCCCCC. The molecule has 0 spiro atoms. The van der Waals surface area contributed by atoms with Crippen LogP contribution in [0.25, 0.3) is 0 Å². The highest BCUT2D eigenvalue weighted by Gasteiger charge is 2.28. The molecule has 11 nitrogen and oxygen atoms in total. The van der Waals surface area contributed by atoms with E-state index in [1.54, 1.807) is 0 Å². The van der Waals surface area contributed by atoms with Crippen LogP contribution < -0.4 is 0 Å². The Bertz CT molecular complexity index is 1570. The van der Waals surface area contributed by atoms with Crippen LogP contribution in [0.3, 0.4) is 0 Å². The highest BCUT2D eigenvalue weighted by atomic mass is 31.2. The van der Waals surface area contributed by atoms with Gasteiger partial charge in [-0.1, -0.05) is 293 Å². The molecular weight excluding hydrogens is 1020 g/mol. The van der Waals surface area contributed by atoms with Crippen LogP contribution in [0.5, 0.6) is 0 Å². The molecule has 12 heteroatoms. The largest absolute Gasteiger partial charge is 0.472 e. The Balaban J connectivity index is 4.68. The molecule has 0 amide bonds. The number of aliphatic hydroxyl groups is 1. The fraction of sp³-hybridized carbons (Fsp3) is 0.809. The van der Waals surface area contributed by atoms with E-state index in [0.717, 1.165) is 89.9 Å². The molecule has 0 aliphatic rings. The van der Waals surface area contributed by atoms with Crippen molar-refractivity contribution in [3.05, 3.63) is 60.8 Å². The number of hydrogen-bond donors (Lipinski definition) is 2. The summed E-state index contributed by atoms with van der Waals surface area (Å²) in [6, 6.07) is 0. The van der Waals surface area contributed by atoms with E-state index in [2.05, 4.69) is 81.5 Å². The summed E-state index contributed by atoms with van der Waals surface area (Å²) in [4.78, 5) is 48.8. The third kappa shape index (κ3) is 59.8. The fourth-order valence-electron chi connectivity index (χ4n) is 9.45. The molecule has 2 N–H and O–H groups in total. The number of esters is 3. The first-order chi connectivity index (χ1) is 39.2. The van der Waals surface area contributed by atoms with Gasteiger partial charge in [-0.15, -0.1) is 0 Å². The molecule has 0 radical (unpaired) electrons. The molecule has 0 bridgehead atoms. The summed E-state index contributed by atoms with van der Waals surface area (Å²) >= 11 is 0. The van der Waals surface area contributed by atoms with Crippen LogP contribution in [0.4, 0.5) is 0 Å². The van der Waals surface area contributed by atoms with Gasteiger partial charge in [0, 0.05) is 19.3 Å². The topological polar surface area (TPSA) is 155 Å². The summed E-state index contributed by atoms with van der Waals surface area (Å²) in [6.45, 7) is 4.57. The minimum atomic E-state index is -4.76. The van der Waals surface area contributed by atoms with E-state index in [1.165, 1.54) is 167 Å². The van der Waals surface area contributed by atoms with Gasteiger partial charge in [0.05, 0.1) is 19.8 Å². The predicted octanol–water partition coefficient (Wildman–Crippen LogP) is 20.3. The number of phosphoric acid groups is 1. The van der Waals surface area contributed by atoms with Crippen LogP contribution in [0, 0.1) is 0 Å². The summed E-state index contributed by atoms with van der Waals surface area (Å²) in [7, 11) is -4.76. The van der Waals surface area contributed by atoms with Crippen molar-refractivity contribution >= 4 is 25.7 Å². The Labute approximate surface area is 491 Å². The lowest BCUT2D eigenvalue weighted by molar-refractivity contribution is -0.161. The third-order valence-corrected chi connectivity index (χ3v) is 15.4. The number of hydrogen-bond acceptors (Lipinski definition) is 10. The molecule has 0 heterocycles. The number of phosphoric ester groups is 1. The van der Waals surface area contributed by atoms with E-state index >= 15 is 0 Å². The van der Waals surface area contributed by atoms with Crippen molar-refractivity contribution in [1.82, 2.24) is 0 Å². The van der Waals surface area contributed by atoms with Crippen LogP contribution in [0.2, 0.25) is 0 Å². The molecule has 80 heavy (non-hydrogen) atoms. The monoisotopic (exact) mass is 1150 g/mol. The molecule has 3 atom stereocenters. The minimum absolute atomic E-state index is 0.131. The van der Waals surface area contributed by atoms with Crippen molar-refractivity contribution in [2.24, 2.45) is 0 Å². The number of allylic oxidation sites excluding steroid dienone is 10. The van der Waals surface area contributed by atoms with Gasteiger partial charge in [0.15, 0.2) is 6.10 Å². The van der Waals surface area contributed by atoms with E-state index < -0.39 is 57.8 Å². The van der Waals surface area contributed by atoms with Gasteiger partial charge in [0.25, 0.3) is 0 Å². The Morgan fingerprint density at radius 3 is 1.00 bits per heavy atom. The van der Waals surface area contributed by atoms with Crippen LogP contribution in [-0.2, 0) is 42.2 Å². The average molecular weight is 1150 g/mol. The average Bonchev–Trinajstić information content (AvgIpc) is 3.45. The van der Waals surface area contributed by atoms with Crippen molar-refractivity contribution < 1.29 is 52.2 Å². The van der Waals surface area contributed by atoms with Crippen molar-refractivity contribution in [3.63, 3.8) is 0 Å². The second-order valence-corrected chi connectivity index (χ2v) is 23.7. The number of aliphatic hydroxyl groups excluding tert-OH is 1. The molecule has 0 rings (SSSR count). The number of carbonyl (C=O) groups is 3.